The van der Waals surface area contributed by atoms with Crippen LogP contribution in [0.5, 0.6) is 5.75 Å². The molecule has 3 N–H and O–H groups in total. The number of esters is 1. The Balaban J connectivity index is 1.98. The smallest absolute Gasteiger partial charge is 0.338 e. The number of ether oxygens (including phenoxy) is 1. The summed E-state index contributed by atoms with van der Waals surface area (Å²) in [5.74, 6) is -1.05. The number of phenolic OH excluding ortho intramolecular Hbond substituents is 1. The number of aromatic hydroxyl groups is 1. The Hall–Kier alpha value is -4.05. The number of amides is 1. The first-order chi connectivity index (χ1) is 13.0. The molecule has 0 atom stereocenters. The van der Waals surface area contributed by atoms with E-state index in [1.807, 2.05) is 6.07 Å². The van der Waals surface area contributed by atoms with E-state index >= 15 is 0 Å². The van der Waals surface area contributed by atoms with Crippen LogP contribution in [-0.4, -0.2) is 29.1 Å². The summed E-state index contributed by atoms with van der Waals surface area (Å²) < 4.78 is 4.80. The third kappa shape index (κ3) is 3.65. The Labute approximate surface area is 154 Å². The van der Waals surface area contributed by atoms with Gasteiger partial charge >= 0.3 is 5.97 Å². The molecule has 27 heavy (non-hydrogen) atoms. The minimum atomic E-state index is -0.604. The maximum atomic E-state index is 12.4. The van der Waals surface area contributed by atoms with E-state index in [2.05, 4.69) is 10.3 Å². The Kier molecular flexibility index (Phi) is 4.90. The summed E-state index contributed by atoms with van der Waals surface area (Å²) in [6.45, 7) is 0. The molecule has 1 heterocycles. The largest absolute Gasteiger partial charge is 0.508 e. The van der Waals surface area contributed by atoms with Crippen molar-refractivity contribution in [3.63, 3.8) is 0 Å². The van der Waals surface area contributed by atoms with Gasteiger partial charge in [0.25, 0.3) is 5.91 Å². The van der Waals surface area contributed by atoms with E-state index in [4.69, 9.17) is 4.74 Å². The van der Waals surface area contributed by atoms with Crippen LogP contribution in [0.25, 0.3) is 17.0 Å². The fourth-order valence-corrected chi connectivity index (χ4v) is 2.65. The molecule has 0 spiro atoms. The predicted molar refractivity (Wildman–Crippen MR) is 100.0 cm³/mol. The van der Waals surface area contributed by atoms with Crippen molar-refractivity contribution in [2.24, 2.45) is 0 Å². The third-order valence-electron chi connectivity index (χ3n) is 3.93. The van der Waals surface area contributed by atoms with Crippen LogP contribution in [-0.2, 0) is 9.53 Å². The van der Waals surface area contributed by atoms with Gasteiger partial charge in [-0.05, 0) is 42.5 Å². The number of aromatic nitrogens is 1. The normalized spacial score (nSPS) is 11.0. The SMILES string of the molecule is COC(=O)c1cccc2[nH]cc(C=C(C#N)C(=O)Nc3ccc(O)cc3)c12. The van der Waals surface area contributed by atoms with Gasteiger partial charge in [-0.3, -0.25) is 4.79 Å². The summed E-state index contributed by atoms with van der Waals surface area (Å²) in [5.41, 5.74) is 1.83. The molecule has 0 unspecified atom stereocenters. The maximum absolute atomic E-state index is 12.4. The highest BCUT2D eigenvalue weighted by atomic mass is 16.5. The van der Waals surface area contributed by atoms with E-state index in [-0.39, 0.29) is 11.3 Å². The molecule has 7 nitrogen and oxygen atoms in total. The number of rotatable bonds is 4. The van der Waals surface area contributed by atoms with Crippen LogP contribution in [0.15, 0.2) is 54.2 Å². The van der Waals surface area contributed by atoms with E-state index in [9.17, 15) is 20.0 Å². The molecule has 0 saturated carbocycles. The standard InChI is InChI=1S/C20H15N3O4/c1-27-20(26)16-3-2-4-17-18(16)13(11-22-17)9-12(10-21)19(25)23-14-5-7-15(24)8-6-14/h2-9,11,22,24H,1H3,(H,23,25). The summed E-state index contributed by atoms with van der Waals surface area (Å²) in [6.07, 6.45) is 3.02. The molecule has 134 valence electrons. The number of carbonyl (C=O) groups is 2. The van der Waals surface area contributed by atoms with Crippen molar-refractivity contribution < 1.29 is 19.4 Å². The van der Waals surface area contributed by atoms with Gasteiger partial charge in [0.15, 0.2) is 0 Å². The fraction of sp³-hybridized carbons (Fsp3) is 0.0500. The van der Waals surface area contributed by atoms with Crippen LogP contribution in [0.4, 0.5) is 5.69 Å². The lowest BCUT2D eigenvalue weighted by Gasteiger charge is -2.05. The number of methoxy groups -OCH3 is 1. The highest BCUT2D eigenvalue weighted by Gasteiger charge is 2.16. The lowest BCUT2D eigenvalue weighted by molar-refractivity contribution is -0.112. The lowest BCUT2D eigenvalue weighted by Crippen LogP contribution is -2.13. The summed E-state index contributed by atoms with van der Waals surface area (Å²) in [6, 6.07) is 12.9. The molecule has 0 bridgehead atoms. The number of benzene rings is 2. The van der Waals surface area contributed by atoms with Crippen LogP contribution in [0.2, 0.25) is 0 Å². The van der Waals surface area contributed by atoms with Gasteiger partial charge in [-0.25, -0.2) is 4.79 Å². The number of phenols is 1. The molecule has 0 aliphatic rings. The van der Waals surface area contributed by atoms with Gasteiger partial charge in [0.05, 0.1) is 12.7 Å². The molecular weight excluding hydrogens is 346 g/mol. The molecule has 3 rings (SSSR count). The minimum Gasteiger partial charge on any atom is -0.508 e. The molecule has 1 amide bonds. The van der Waals surface area contributed by atoms with Crippen molar-refractivity contribution in [3.8, 4) is 11.8 Å². The second-order valence-electron chi connectivity index (χ2n) is 5.63. The minimum absolute atomic E-state index is 0.0678. The number of H-pyrrole nitrogens is 1. The van der Waals surface area contributed by atoms with Crippen LogP contribution in [0, 0.1) is 11.3 Å². The topological polar surface area (TPSA) is 115 Å². The lowest BCUT2D eigenvalue weighted by atomic mass is 10.0. The summed E-state index contributed by atoms with van der Waals surface area (Å²) >= 11 is 0. The highest BCUT2D eigenvalue weighted by molar-refractivity contribution is 6.12. The van der Waals surface area contributed by atoms with Crippen LogP contribution >= 0.6 is 0 Å². The van der Waals surface area contributed by atoms with Gasteiger partial charge in [-0.2, -0.15) is 5.26 Å². The summed E-state index contributed by atoms with van der Waals surface area (Å²) in [4.78, 5) is 27.4. The maximum Gasteiger partial charge on any atom is 0.338 e. The Morgan fingerprint density at radius 2 is 1.96 bits per heavy atom. The van der Waals surface area contributed by atoms with E-state index in [0.29, 0.717) is 27.7 Å². The number of fused-ring (bicyclic) bond motifs is 1. The van der Waals surface area contributed by atoms with Crippen LogP contribution in [0.1, 0.15) is 15.9 Å². The molecule has 2 aromatic carbocycles. The van der Waals surface area contributed by atoms with Gasteiger partial charge in [0, 0.05) is 28.4 Å². The van der Waals surface area contributed by atoms with E-state index in [1.54, 1.807) is 24.4 Å². The van der Waals surface area contributed by atoms with Gasteiger partial charge in [0.2, 0.25) is 0 Å². The van der Waals surface area contributed by atoms with Gasteiger partial charge < -0.3 is 20.1 Å². The first kappa shape index (κ1) is 17.8. The Morgan fingerprint density at radius 3 is 2.63 bits per heavy atom. The van der Waals surface area contributed by atoms with Crippen molar-refractivity contribution in [2.45, 2.75) is 0 Å². The monoisotopic (exact) mass is 361 g/mol. The number of nitrogens with zero attached hydrogens (tertiary/aromatic N) is 1. The third-order valence-corrected chi connectivity index (χ3v) is 3.93. The Morgan fingerprint density at radius 1 is 1.22 bits per heavy atom. The first-order valence-corrected chi connectivity index (χ1v) is 7.94. The zero-order valence-electron chi connectivity index (χ0n) is 14.3. The Bertz CT molecular complexity index is 1090. The highest BCUT2D eigenvalue weighted by Crippen LogP contribution is 2.25. The van der Waals surface area contributed by atoms with E-state index in [1.165, 1.54) is 37.5 Å². The first-order valence-electron chi connectivity index (χ1n) is 7.94. The number of nitrogens with one attached hydrogen (secondary N) is 2. The molecule has 0 fully saturated rings. The molecule has 0 saturated heterocycles. The number of aromatic amines is 1. The second kappa shape index (κ2) is 7.45. The molecular formula is C20H15N3O4. The van der Waals surface area contributed by atoms with Crippen molar-refractivity contribution in [1.29, 1.82) is 5.26 Å². The number of carbonyl (C=O) groups excluding carboxylic acids is 2. The van der Waals surface area contributed by atoms with Gasteiger partial charge in [-0.15, -0.1) is 0 Å². The zero-order valence-corrected chi connectivity index (χ0v) is 14.3. The average Bonchev–Trinajstić information content (AvgIpc) is 3.10. The molecule has 0 radical (unpaired) electrons. The van der Waals surface area contributed by atoms with Crippen molar-refractivity contribution in [2.75, 3.05) is 12.4 Å². The predicted octanol–water partition coefficient (Wildman–Crippen LogP) is 3.21. The van der Waals surface area contributed by atoms with E-state index < -0.39 is 11.9 Å². The number of hydrogen-bond donors (Lipinski definition) is 3. The zero-order chi connectivity index (χ0) is 19.4. The molecule has 3 aromatic rings. The fourth-order valence-electron chi connectivity index (χ4n) is 2.65. The van der Waals surface area contributed by atoms with E-state index in [0.717, 1.165) is 0 Å². The quantitative estimate of drug-likeness (QED) is 0.286. The molecule has 0 aliphatic carbocycles. The van der Waals surface area contributed by atoms with Crippen LogP contribution < -0.4 is 5.32 Å². The van der Waals surface area contributed by atoms with Crippen LogP contribution in [0.3, 0.4) is 0 Å². The van der Waals surface area contributed by atoms with Crippen molar-refractivity contribution in [3.05, 3.63) is 65.4 Å². The molecule has 0 aliphatic heterocycles. The number of nitriles is 1. The van der Waals surface area contributed by atoms with Gasteiger partial charge in [0.1, 0.15) is 17.4 Å². The number of anilines is 1. The van der Waals surface area contributed by atoms with Crippen molar-refractivity contribution >= 4 is 34.5 Å². The molecule has 7 heteroatoms. The second-order valence-corrected chi connectivity index (χ2v) is 5.63. The summed E-state index contributed by atoms with van der Waals surface area (Å²) in [7, 11) is 1.29. The van der Waals surface area contributed by atoms with Gasteiger partial charge in [-0.1, -0.05) is 6.07 Å². The van der Waals surface area contributed by atoms with Crippen molar-refractivity contribution in [1.82, 2.24) is 4.98 Å². The average molecular weight is 361 g/mol. The number of hydrogen-bond acceptors (Lipinski definition) is 5. The molecule has 1 aromatic heterocycles. The summed E-state index contributed by atoms with van der Waals surface area (Å²) in [5, 5.41) is 21.8.